The Morgan fingerprint density at radius 2 is 1.96 bits per heavy atom. The number of carbonyl (C=O) groups excluding carboxylic acids is 1. The molecule has 0 aliphatic carbocycles. The molecule has 7 heteroatoms. The van der Waals surface area contributed by atoms with Gasteiger partial charge in [-0.25, -0.2) is 4.68 Å². The van der Waals surface area contributed by atoms with Crippen LogP contribution in [0.1, 0.15) is 30.8 Å². The average Bonchev–Trinajstić information content (AvgIpc) is 3.23. The molecule has 1 aromatic heterocycles. The first-order valence-electron chi connectivity index (χ1n) is 7.94. The van der Waals surface area contributed by atoms with Crippen molar-refractivity contribution >= 4 is 11.9 Å². The van der Waals surface area contributed by atoms with Gasteiger partial charge in [-0.1, -0.05) is 37.3 Å². The predicted molar refractivity (Wildman–Crippen MR) is 86.8 cm³/mol. The summed E-state index contributed by atoms with van der Waals surface area (Å²) in [6.45, 7) is 4.39. The lowest BCUT2D eigenvalue weighted by atomic mass is 9.76. The molecule has 2 heterocycles. The fourth-order valence-corrected chi connectivity index (χ4v) is 3.13. The van der Waals surface area contributed by atoms with Crippen LogP contribution in [0, 0.1) is 11.3 Å². The summed E-state index contributed by atoms with van der Waals surface area (Å²) >= 11 is 0. The summed E-state index contributed by atoms with van der Waals surface area (Å²) in [5, 5.41) is 17.5. The summed E-state index contributed by atoms with van der Waals surface area (Å²) in [5.41, 5.74) is 0.154. The van der Waals surface area contributed by atoms with E-state index >= 15 is 0 Å². The van der Waals surface area contributed by atoms with E-state index in [1.165, 1.54) is 4.68 Å². The van der Waals surface area contributed by atoms with Gasteiger partial charge in [-0.3, -0.25) is 9.59 Å². The van der Waals surface area contributed by atoms with E-state index in [2.05, 4.69) is 10.3 Å². The summed E-state index contributed by atoms with van der Waals surface area (Å²) in [6, 6.07) is 9.39. The fraction of sp³-hybridized carbons (Fsp3) is 0.412. The average molecular weight is 328 g/mol. The molecule has 1 aliphatic heterocycles. The van der Waals surface area contributed by atoms with E-state index < -0.39 is 11.4 Å². The molecule has 0 saturated carbocycles. The number of carboxylic acid groups (broad SMARTS) is 1. The lowest BCUT2D eigenvalue weighted by Gasteiger charge is -2.28. The Bertz CT molecular complexity index is 756. The number of amides is 1. The van der Waals surface area contributed by atoms with Crippen molar-refractivity contribution in [3.63, 3.8) is 0 Å². The van der Waals surface area contributed by atoms with Crippen molar-refractivity contribution in [1.29, 1.82) is 0 Å². The van der Waals surface area contributed by atoms with Crippen LogP contribution >= 0.6 is 0 Å². The monoisotopic (exact) mass is 328 g/mol. The molecule has 0 spiro atoms. The smallest absolute Gasteiger partial charge is 0.311 e. The zero-order valence-electron chi connectivity index (χ0n) is 13.7. The lowest BCUT2D eigenvalue weighted by molar-refractivity contribution is -0.150. The van der Waals surface area contributed by atoms with Gasteiger partial charge >= 0.3 is 5.97 Å². The van der Waals surface area contributed by atoms with Gasteiger partial charge in [0.05, 0.1) is 17.3 Å². The summed E-state index contributed by atoms with van der Waals surface area (Å²) in [6.07, 6.45) is 2.03. The molecular weight excluding hydrogens is 308 g/mol. The Morgan fingerprint density at radius 1 is 1.25 bits per heavy atom. The Kier molecular flexibility index (Phi) is 4.09. The van der Waals surface area contributed by atoms with Gasteiger partial charge in [-0.05, 0) is 24.5 Å². The molecular formula is C17H20N4O3. The number of benzene rings is 1. The second-order valence-corrected chi connectivity index (χ2v) is 6.48. The number of aromatic nitrogens is 3. The van der Waals surface area contributed by atoms with Gasteiger partial charge in [-0.15, -0.1) is 5.10 Å². The van der Waals surface area contributed by atoms with E-state index in [1.54, 1.807) is 11.1 Å². The highest BCUT2D eigenvalue weighted by Gasteiger charge is 2.48. The van der Waals surface area contributed by atoms with Crippen LogP contribution in [0.2, 0.25) is 0 Å². The summed E-state index contributed by atoms with van der Waals surface area (Å²) in [5.74, 6) is -1.17. The fourth-order valence-electron chi connectivity index (χ4n) is 3.13. The quantitative estimate of drug-likeness (QED) is 0.925. The van der Waals surface area contributed by atoms with Gasteiger partial charge < -0.3 is 10.0 Å². The molecule has 1 N–H and O–H groups in total. The second-order valence-electron chi connectivity index (χ2n) is 6.48. The van der Waals surface area contributed by atoms with Crippen LogP contribution in [0.5, 0.6) is 0 Å². The largest absolute Gasteiger partial charge is 0.481 e. The minimum atomic E-state index is -0.884. The highest BCUT2D eigenvalue weighted by Crippen LogP contribution is 2.38. The molecule has 24 heavy (non-hydrogen) atoms. The number of carboxylic acids is 1. The van der Waals surface area contributed by atoms with Gasteiger partial charge in [0.1, 0.15) is 0 Å². The number of hydrogen-bond donors (Lipinski definition) is 1. The maximum Gasteiger partial charge on any atom is 0.311 e. The van der Waals surface area contributed by atoms with Crippen LogP contribution in [0.4, 0.5) is 0 Å². The maximum absolute atomic E-state index is 12.6. The Labute approximate surface area is 139 Å². The Hall–Kier alpha value is -2.70. The molecule has 1 saturated heterocycles. The molecule has 1 atom stereocenters. The van der Waals surface area contributed by atoms with Crippen molar-refractivity contribution < 1.29 is 14.7 Å². The van der Waals surface area contributed by atoms with Crippen LogP contribution in [0.15, 0.2) is 36.5 Å². The molecule has 7 nitrogen and oxygen atoms in total. The standard InChI is InChI=1S/C17H20N4O3/c1-12(2)17(16(23)24)8-9-20(11-17)15(22)14-10-21(19-18-14)13-6-4-3-5-7-13/h3-7,10,12H,8-9,11H2,1-2H3,(H,23,24). The second kappa shape index (κ2) is 6.07. The van der Waals surface area contributed by atoms with Gasteiger partial charge in [-0.2, -0.15) is 0 Å². The summed E-state index contributed by atoms with van der Waals surface area (Å²) in [4.78, 5) is 25.9. The third-order valence-electron chi connectivity index (χ3n) is 4.85. The summed E-state index contributed by atoms with van der Waals surface area (Å²) < 4.78 is 1.54. The van der Waals surface area contributed by atoms with Gasteiger partial charge in [0, 0.05) is 13.1 Å². The van der Waals surface area contributed by atoms with Crippen molar-refractivity contribution in [3.05, 3.63) is 42.2 Å². The molecule has 1 fully saturated rings. The number of carbonyl (C=O) groups is 2. The lowest BCUT2D eigenvalue weighted by Crippen LogP contribution is -2.40. The minimum absolute atomic E-state index is 0.0483. The Balaban J connectivity index is 1.79. The SMILES string of the molecule is CC(C)C1(C(=O)O)CCN(C(=O)c2cn(-c3ccccc3)nn2)C1. The molecule has 0 radical (unpaired) electrons. The molecule has 1 amide bonds. The zero-order chi connectivity index (χ0) is 17.3. The first kappa shape index (κ1) is 16.2. The van der Waals surface area contributed by atoms with Gasteiger partial charge in [0.25, 0.3) is 5.91 Å². The topological polar surface area (TPSA) is 88.3 Å². The number of nitrogens with zero attached hydrogens (tertiary/aromatic N) is 4. The number of rotatable bonds is 4. The molecule has 2 aromatic rings. The number of likely N-dealkylation sites (tertiary alicyclic amines) is 1. The first-order chi connectivity index (χ1) is 11.4. The normalized spacial score (nSPS) is 20.5. The zero-order valence-corrected chi connectivity index (χ0v) is 13.7. The van der Waals surface area contributed by atoms with E-state index in [9.17, 15) is 14.7 Å². The van der Waals surface area contributed by atoms with Crippen LogP contribution < -0.4 is 0 Å². The van der Waals surface area contributed by atoms with E-state index in [4.69, 9.17) is 0 Å². The van der Waals surface area contributed by atoms with Crippen LogP contribution in [0.3, 0.4) is 0 Å². The van der Waals surface area contributed by atoms with E-state index in [1.807, 2.05) is 44.2 Å². The van der Waals surface area contributed by atoms with E-state index in [-0.39, 0.29) is 24.1 Å². The Morgan fingerprint density at radius 3 is 2.54 bits per heavy atom. The highest BCUT2D eigenvalue weighted by molar-refractivity contribution is 5.93. The summed E-state index contributed by atoms with van der Waals surface area (Å²) in [7, 11) is 0. The predicted octanol–water partition coefficient (Wildman–Crippen LogP) is 1.84. The number of hydrogen-bond acceptors (Lipinski definition) is 4. The molecule has 1 unspecified atom stereocenters. The number of para-hydroxylation sites is 1. The molecule has 0 bridgehead atoms. The van der Waals surface area contributed by atoms with Crippen molar-refractivity contribution in [2.45, 2.75) is 20.3 Å². The number of aliphatic carboxylic acids is 1. The molecule has 1 aromatic carbocycles. The first-order valence-corrected chi connectivity index (χ1v) is 7.94. The minimum Gasteiger partial charge on any atom is -0.481 e. The highest BCUT2D eigenvalue weighted by atomic mass is 16.4. The molecule has 3 rings (SSSR count). The van der Waals surface area contributed by atoms with Crippen LogP contribution in [0.25, 0.3) is 5.69 Å². The van der Waals surface area contributed by atoms with Crippen molar-refractivity contribution in [2.24, 2.45) is 11.3 Å². The van der Waals surface area contributed by atoms with E-state index in [0.717, 1.165) is 5.69 Å². The van der Waals surface area contributed by atoms with Crippen molar-refractivity contribution in [3.8, 4) is 5.69 Å². The van der Waals surface area contributed by atoms with Gasteiger partial charge in [0.15, 0.2) is 5.69 Å². The van der Waals surface area contributed by atoms with Gasteiger partial charge in [0.2, 0.25) is 0 Å². The van der Waals surface area contributed by atoms with Crippen molar-refractivity contribution in [1.82, 2.24) is 19.9 Å². The molecule has 126 valence electrons. The third kappa shape index (κ3) is 2.66. The maximum atomic E-state index is 12.6. The van der Waals surface area contributed by atoms with Crippen molar-refractivity contribution in [2.75, 3.05) is 13.1 Å². The third-order valence-corrected chi connectivity index (χ3v) is 4.85. The molecule has 1 aliphatic rings. The van der Waals surface area contributed by atoms with Crippen LogP contribution in [-0.4, -0.2) is 50.0 Å². The van der Waals surface area contributed by atoms with Crippen LogP contribution in [-0.2, 0) is 4.79 Å². The van der Waals surface area contributed by atoms with E-state index in [0.29, 0.717) is 13.0 Å².